The number of nitrogens with zero attached hydrogens (tertiary/aromatic N) is 1. The van der Waals surface area contributed by atoms with Crippen LogP contribution in [0.2, 0.25) is 0 Å². The first-order valence-corrected chi connectivity index (χ1v) is 10.0. The molecule has 0 aliphatic heterocycles. The molecule has 1 aliphatic carbocycles. The van der Waals surface area contributed by atoms with Crippen molar-refractivity contribution in [3.63, 3.8) is 0 Å². The molecule has 128 valence electrons. The van der Waals surface area contributed by atoms with Crippen LogP contribution in [0.15, 0.2) is 22.6 Å². The summed E-state index contributed by atoms with van der Waals surface area (Å²) in [5.41, 5.74) is 5.05. The third kappa shape index (κ3) is 3.78. The molecule has 5 heteroatoms. The van der Waals surface area contributed by atoms with Gasteiger partial charge in [-0.2, -0.15) is 5.10 Å². The summed E-state index contributed by atoms with van der Waals surface area (Å²) < 4.78 is 0. The highest BCUT2D eigenvalue weighted by Crippen LogP contribution is 2.40. The fourth-order valence-corrected chi connectivity index (χ4v) is 5.09. The Morgan fingerprint density at radius 3 is 2.83 bits per heavy atom. The summed E-state index contributed by atoms with van der Waals surface area (Å²) in [6, 6.07) is 4.06. The van der Waals surface area contributed by atoms with Crippen LogP contribution in [0.3, 0.4) is 0 Å². The molecule has 0 aromatic carbocycles. The predicted molar refractivity (Wildman–Crippen MR) is 103 cm³/mol. The maximum absolute atomic E-state index is 12.4. The van der Waals surface area contributed by atoms with Gasteiger partial charge < -0.3 is 0 Å². The van der Waals surface area contributed by atoms with Crippen LogP contribution in [0.1, 0.15) is 57.7 Å². The molecule has 0 spiro atoms. The minimum Gasteiger partial charge on any atom is -0.267 e. The summed E-state index contributed by atoms with van der Waals surface area (Å²) in [4.78, 5) is 16.1. The van der Waals surface area contributed by atoms with Gasteiger partial charge in [0.05, 0.1) is 11.8 Å². The highest BCUT2D eigenvalue weighted by molar-refractivity contribution is 7.13. The maximum atomic E-state index is 12.4. The molecule has 3 nitrogen and oxygen atoms in total. The third-order valence-electron chi connectivity index (χ3n) is 4.74. The highest BCUT2D eigenvalue weighted by Gasteiger charge is 2.31. The van der Waals surface area contributed by atoms with Crippen molar-refractivity contribution in [3.05, 3.63) is 43.3 Å². The first-order chi connectivity index (χ1) is 11.3. The number of hydrogen-bond acceptors (Lipinski definition) is 4. The summed E-state index contributed by atoms with van der Waals surface area (Å²) in [5.74, 6) is 0.603. The molecule has 2 aromatic heterocycles. The standard InChI is InChI=1S/C19H24N2OS2/c1-12-5-7-14(24-12)10-20-21-18(22)16-11-23-17-9-13(19(2,3)4)6-8-15(16)17/h5,7,10-11,13H,6,8-9H2,1-4H3,(H,21,22)/b20-10+. The first kappa shape index (κ1) is 17.4. The van der Waals surface area contributed by atoms with Crippen LogP contribution in [-0.4, -0.2) is 12.1 Å². The van der Waals surface area contributed by atoms with Crippen LogP contribution in [0.4, 0.5) is 0 Å². The number of hydrazone groups is 1. The van der Waals surface area contributed by atoms with E-state index in [0.717, 1.165) is 29.7 Å². The molecule has 1 N–H and O–H groups in total. The number of thiophene rings is 2. The lowest BCUT2D eigenvalue weighted by molar-refractivity contribution is 0.0954. The Morgan fingerprint density at radius 2 is 2.17 bits per heavy atom. The van der Waals surface area contributed by atoms with Crippen LogP contribution in [0.25, 0.3) is 0 Å². The second-order valence-corrected chi connectivity index (χ2v) is 9.79. The second-order valence-electron chi connectivity index (χ2n) is 7.50. The van der Waals surface area contributed by atoms with Gasteiger partial charge in [-0.1, -0.05) is 20.8 Å². The van der Waals surface area contributed by atoms with E-state index < -0.39 is 0 Å². The number of rotatable bonds is 3. The van der Waals surface area contributed by atoms with Crippen LogP contribution >= 0.6 is 22.7 Å². The van der Waals surface area contributed by atoms with Crippen LogP contribution in [0, 0.1) is 18.3 Å². The van der Waals surface area contributed by atoms with Crippen LogP contribution in [-0.2, 0) is 12.8 Å². The minimum atomic E-state index is -0.0914. The lowest BCUT2D eigenvalue weighted by atomic mass is 9.72. The molecule has 0 saturated carbocycles. The van der Waals surface area contributed by atoms with Gasteiger partial charge in [0.1, 0.15) is 0 Å². The van der Waals surface area contributed by atoms with E-state index in [1.807, 2.05) is 11.4 Å². The molecule has 0 radical (unpaired) electrons. The third-order valence-corrected chi connectivity index (χ3v) is 6.73. The molecular weight excluding hydrogens is 336 g/mol. The van der Waals surface area contributed by atoms with Gasteiger partial charge in [-0.3, -0.25) is 4.79 Å². The maximum Gasteiger partial charge on any atom is 0.272 e. The van der Waals surface area contributed by atoms with E-state index >= 15 is 0 Å². The zero-order valence-corrected chi connectivity index (χ0v) is 16.3. The average molecular weight is 361 g/mol. The molecule has 3 rings (SSSR count). The monoisotopic (exact) mass is 360 g/mol. The summed E-state index contributed by atoms with van der Waals surface area (Å²) in [6.45, 7) is 8.99. The number of carbonyl (C=O) groups excluding carboxylic acids is 1. The lowest BCUT2D eigenvalue weighted by Gasteiger charge is -2.33. The van der Waals surface area contributed by atoms with Crippen molar-refractivity contribution >= 4 is 34.8 Å². The van der Waals surface area contributed by atoms with Gasteiger partial charge >= 0.3 is 0 Å². The van der Waals surface area contributed by atoms with Crippen molar-refractivity contribution in [3.8, 4) is 0 Å². The molecule has 0 bridgehead atoms. The number of carbonyl (C=O) groups is 1. The van der Waals surface area contributed by atoms with Crippen LogP contribution < -0.4 is 5.43 Å². The van der Waals surface area contributed by atoms with Crippen molar-refractivity contribution in [2.75, 3.05) is 0 Å². The van der Waals surface area contributed by atoms with Gasteiger partial charge in [0.2, 0.25) is 0 Å². The summed E-state index contributed by atoms with van der Waals surface area (Å²) >= 11 is 3.39. The number of amides is 1. The second kappa shape index (κ2) is 6.81. The number of fused-ring (bicyclic) bond motifs is 1. The van der Waals surface area contributed by atoms with Crippen molar-refractivity contribution in [2.45, 2.75) is 47.0 Å². The van der Waals surface area contributed by atoms with E-state index in [9.17, 15) is 4.79 Å². The predicted octanol–water partition coefficient (Wildman–Crippen LogP) is 5.03. The van der Waals surface area contributed by atoms with E-state index in [-0.39, 0.29) is 5.91 Å². The van der Waals surface area contributed by atoms with Gasteiger partial charge in [-0.15, -0.1) is 22.7 Å². The molecule has 1 atom stereocenters. The molecular formula is C19H24N2OS2. The van der Waals surface area contributed by atoms with E-state index in [4.69, 9.17) is 0 Å². The quantitative estimate of drug-likeness (QED) is 0.605. The van der Waals surface area contributed by atoms with Gasteiger partial charge in [0.15, 0.2) is 0 Å². The Hall–Kier alpha value is -1.46. The molecule has 0 saturated heterocycles. The smallest absolute Gasteiger partial charge is 0.267 e. The van der Waals surface area contributed by atoms with Gasteiger partial charge in [-0.25, -0.2) is 5.43 Å². The highest BCUT2D eigenvalue weighted by atomic mass is 32.1. The molecule has 2 aromatic rings. The van der Waals surface area contributed by atoms with E-state index in [0.29, 0.717) is 11.3 Å². The van der Waals surface area contributed by atoms with Gasteiger partial charge in [0, 0.05) is 20.0 Å². The van der Waals surface area contributed by atoms with Gasteiger partial charge in [-0.05, 0) is 55.2 Å². The zero-order chi connectivity index (χ0) is 17.3. The molecule has 24 heavy (non-hydrogen) atoms. The van der Waals surface area contributed by atoms with E-state index in [1.54, 1.807) is 28.9 Å². The summed E-state index contributed by atoms with van der Waals surface area (Å²) in [6.07, 6.45) is 4.96. The van der Waals surface area contributed by atoms with Crippen molar-refractivity contribution in [1.29, 1.82) is 0 Å². The van der Waals surface area contributed by atoms with Gasteiger partial charge in [0.25, 0.3) is 5.91 Å². The summed E-state index contributed by atoms with van der Waals surface area (Å²) in [7, 11) is 0. The molecule has 1 aliphatic rings. The Kier molecular flexibility index (Phi) is 4.92. The number of hydrogen-bond donors (Lipinski definition) is 1. The average Bonchev–Trinajstić information content (AvgIpc) is 3.11. The Morgan fingerprint density at radius 1 is 1.38 bits per heavy atom. The van der Waals surface area contributed by atoms with Crippen LogP contribution in [0.5, 0.6) is 0 Å². The minimum absolute atomic E-state index is 0.0914. The van der Waals surface area contributed by atoms with E-state index in [2.05, 4.69) is 44.3 Å². The normalized spacial score (nSPS) is 17.9. The zero-order valence-electron chi connectivity index (χ0n) is 14.7. The largest absolute Gasteiger partial charge is 0.272 e. The fourth-order valence-electron chi connectivity index (χ4n) is 3.18. The summed E-state index contributed by atoms with van der Waals surface area (Å²) in [5, 5.41) is 6.10. The van der Waals surface area contributed by atoms with Crippen molar-refractivity contribution in [1.82, 2.24) is 5.43 Å². The fraction of sp³-hybridized carbons (Fsp3) is 0.474. The number of nitrogens with one attached hydrogen (secondary N) is 1. The molecule has 0 fully saturated rings. The number of aryl methyl sites for hydroxylation is 1. The Labute approximate surface area is 151 Å². The SMILES string of the molecule is Cc1ccc(/C=N/NC(=O)c2csc3c2CCC(C(C)(C)C)C3)s1. The van der Waals surface area contributed by atoms with E-state index in [1.165, 1.54) is 15.3 Å². The Bertz CT molecular complexity index is 765. The molecule has 1 unspecified atom stereocenters. The van der Waals surface area contributed by atoms with Crippen molar-refractivity contribution < 1.29 is 4.79 Å². The molecule has 2 heterocycles. The Balaban J connectivity index is 1.67. The topological polar surface area (TPSA) is 41.5 Å². The lowest BCUT2D eigenvalue weighted by Crippen LogP contribution is -2.27. The first-order valence-electron chi connectivity index (χ1n) is 8.33. The van der Waals surface area contributed by atoms with Crippen molar-refractivity contribution in [2.24, 2.45) is 16.4 Å². The molecule has 1 amide bonds.